The molecule has 6 heteroatoms. The lowest BCUT2D eigenvalue weighted by molar-refractivity contribution is 0.0661. The maximum absolute atomic E-state index is 13.7. The van der Waals surface area contributed by atoms with Crippen LogP contribution in [0.15, 0.2) is 77.2 Å². The lowest BCUT2D eigenvalue weighted by Gasteiger charge is -2.35. The molecule has 0 saturated heterocycles. The van der Waals surface area contributed by atoms with Gasteiger partial charge in [-0.25, -0.2) is 4.39 Å². The van der Waals surface area contributed by atoms with Gasteiger partial charge in [-0.15, -0.1) is 0 Å². The number of fused-ring (bicyclic) bond motifs is 4. The molecule has 0 bridgehead atoms. The molecule has 170 valence electrons. The number of amides is 1. The Morgan fingerprint density at radius 1 is 1.12 bits per heavy atom. The summed E-state index contributed by atoms with van der Waals surface area (Å²) in [6.07, 6.45) is 0.730. The maximum Gasteiger partial charge on any atom is 0.290 e. The van der Waals surface area contributed by atoms with Gasteiger partial charge >= 0.3 is 0 Å². The van der Waals surface area contributed by atoms with Crippen LogP contribution >= 0.6 is 0 Å². The number of aromatic amines is 1. The van der Waals surface area contributed by atoms with Crippen LogP contribution in [-0.2, 0) is 6.42 Å². The van der Waals surface area contributed by atoms with E-state index in [0.29, 0.717) is 24.1 Å². The molecule has 3 heterocycles. The number of ether oxygens (including phenoxy) is 1. The van der Waals surface area contributed by atoms with Gasteiger partial charge in [0.05, 0.1) is 12.6 Å². The van der Waals surface area contributed by atoms with Crippen LogP contribution in [0.1, 0.15) is 40.3 Å². The number of hydrogen-bond acceptors (Lipinski definition) is 3. The zero-order valence-corrected chi connectivity index (χ0v) is 18.7. The van der Waals surface area contributed by atoms with Crippen molar-refractivity contribution in [2.45, 2.75) is 19.4 Å². The third-order valence-electron chi connectivity index (χ3n) is 6.49. The molecule has 1 amide bonds. The summed E-state index contributed by atoms with van der Waals surface area (Å²) in [6.45, 7) is 3.08. The van der Waals surface area contributed by atoms with Crippen molar-refractivity contribution in [1.82, 2.24) is 9.88 Å². The number of nitrogens with one attached hydrogen (secondary N) is 1. The number of aromatic nitrogens is 1. The molecular weight excluding hydrogens is 431 g/mol. The third kappa shape index (κ3) is 3.34. The summed E-state index contributed by atoms with van der Waals surface area (Å²) in [7, 11) is 0. The lowest BCUT2D eigenvalue weighted by Crippen LogP contribution is -2.40. The number of furan rings is 1. The van der Waals surface area contributed by atoms with Crippen molar-refractivity contribution in [2.24, 2.45) is 0 Å². The van der Waals surface area contributed by atoms with E-state index in [0.717, 1.165) is 28.9 Å². The second-order valence-corrected chi connectivity index (χ2v) is 8.51. The number of H-pyrrole nitrogens is 1. The topological polar surface area (TPSA) is 58.5 Å². The average Bonchev–Trinajstić information content (AvgIpc) is 3.45. The van der Waals surface area contributed by atoms with Gasteiger partial charge in [0.2, 0.25) is 0 Å². The minimum atomic E-state index is -0.361. The van der Waals surface area contributed by atoms with Crippen molar-refractivity contribution in [3.63, 3.8) is 0 Å². The molecule has 0 spiro atoms. The summed E-state index contributed by atoms with van der Waals surface area (Å²) in [5, 5.41) is 1.75. The van der Waals surface area contributed by atoms with E-state index in [1.165, 1.54) is 23.1 Å². The van der Waals surface area contributed by atoms with Crippen LogP contribution in [-0.4, -0.2) is 28.9 Å². The number of benzene rings is 3. The highest BCUT2D eigenvalue weighted by Crippen LogP contribution is 2.40. The highest BCUT2D eigenvalue weighted by molar-refractivity contribution is 5.97. The normalized spacial score (nSPS) is 15.6. The molecule has 1 atom stereocenters. The molecule has 0 aliphatic carbocycles. The summed E-state index contributed by atoms with van der Waals surface area (Å²) in [5.74, 6) is 0.410. The van der Waals surface area contributed by atoms with E-state index in [-0.39, 0.29) is 23.5 Å². The Bertz CT molecular complexity index is 1520. The number of para-hydroxylation sites is 1. The van der Waals surface area contributed by atoms with Crippen molar-refractivity contribution < 1.29 is 18.3 Å². The molecule has 34 heavy (non-hydrogen) atoms. The minimum absolute atomic E-state index is 0.205. The zero-order valence-electron chi connectivity index (χ0n) is 18.7. The fraction of sp³-hybridized carbons (Fsp3) is 0.179. The molecule has 2 aromatic heterocycles. The first-order valence-corrected chi connectivity index (χ1v) is 11.4. The maximum atomic E-state index is 13.7. The molecule has 1 aliphatic heterocycles. The fourth-order valence-electron chi connectivity index (χ4n) is 4.98. The first kappa shape index (κ1) is 20.5. The Hall–Kier alpha value is -4.06. The third-order valence-corrected chi connectivity index (χ3v) is 6.49. The Kier molecular flexibility index (Phi) is 4.87. The molecule has 1 unspecified atom stereocenters. The van der Waals surface area contributed by atoms with E-state index in [9.17, 15) is 9.18 Å². The number of carbonyl (C=O) groups excluding carboxylic acids is 1. The van der Waals surface area contributed by atoms with Gasteiger partial charge in [-0.2, -0.15) is 0 Å². The molecule has 1 N–H and O–H groups in total. The van der Waals surface area contributed by atoms with E-state index in [2.05, 4.69) is 17.1 Å². The minimum Gasteiger partial charge on any atom is -0.494 e. The van der Waals surface area contributed by atoms with Gasteiger partial charge in [0.25, 0.3) is 5.91 Å². The largest absolute Gasteiger partial charge is 0.494 e. The van der Waals surface area contributed by atoms with E-state index in [1.807, 2.05) is 48.2 Å². The van der Waals surface area contributed by atoms with Crippen molar-refractivity contribution in [3.05, 3.63) is 101 Å². The molecule has 5 aromatic rings. The number of hydrogen-bond donors (Lipinski definition) is 1. The summed E-state index contributed by atoms with van der Waals surface area (Å²) in [6, 6.07) is 21.7. The van der Waals surface area contributed by atoms with Crippen LogP contribution < -0.4 is 4.74 Å². The quantitative estimate of drug-likeness (QED) is 0.350. The van der Waals surface area contributed by atoms with Crippen LogP contribution in [0, 0.1) is 5.82 Å². The van der Waals surface area contributed by atoms with Gasteiger partial charge < -0.3 is 19.0 Å². The van der Waals surface area contributed by atoms with Crippen molar-refractivity contribution in [3.8, 4) is 5.75 Å². The van der Waals surface area contributed by atoms with Gasteiger partial charge in [-0.3, -0.25) is 4.79 Å². The molecule has 0 radical (unpaired) electrons. The van der Waals surface area contributed by atoms with Crippen LogP contribution in [0.25, 0.3) is 21.9 Å². The first-order valence-electron chi connectivity index (χ1n) is 11.4. The van der Waals surface area contributed by atoms with Gasteiger partial charge in [0, 0.05) is 28.5 Å². The SMILES string of the molecule is CCOc1ccc(C2c3[nH]c4ccccc4c3CCN2C(=O)c2cc3cc(F)ccc3o2)cc1. The Morgan fingerprint density at radius 3 is 2.76 bits per heavy atom. The summed E-state index contributed by atoms with van der Waals surface area (Å²) >= 11 is 0. The number of carbonyl (C=O) groups is 1. The van der Waals surface area contributed by atoms with E-state index in [4.69, 9.17) is 9.15 Å². The van der Waals surface area contributed by atoms with Crippen molar-refractivity contribution in [1.29, 1.82) is 0 Å². The number of halogens is 1. The van der Waals surface area contributed by atoms with Crippen LogP contribution in [0.5, 0.6) is 5.75 Å². The van der Waals surface area contributed by atoms with E-state index in [1.54, 1.807) is 12.1 Å². The molecule has 6 rings (SSSR count). The molecule has 1 aliphatic rings. The van der Waals surface area contributed by atoms with Gasteiger partial charge in [-0.05, 0) is 66.9 Å². The molecule has 5 nitrogen and oxygen atoms in total. The summed E-state index contributed by atoms with van der Waals surface area (Å²) in [4.78, 5) is 19.1. The second kappa shape index (κ2) is 8.06. The van der Waals surface area contributed by atoms with Gasteiger partial charge in [0.1, 0.15) is 17.1 Å². The predicted octanol–water partition coefficient (Wildman–Crippen LogP) is 6.24. The molecule has 0 fully saturated rings. The van der Waals surface area contributed by atoms with Crippen LogP contribution in [0.4, 0.5) is 4.39 Å². The predicted molar refractivity (Wildman–Crippen MR) is 129 cm³/mol. The zero-order chi connectivity index (χ0) is 23.2. The smallest absolute Gasteiger partial charge is 0.290 e. The van der Waals surface area contributed by atoms with Crippen LogP contribution in [0.2, 0.25) is 0 Å². The van der Waals surface area contributed by atoms with Crippen LogP contribution in [0.3, 0.4) is 0 Å². The van der Waals surface area contributed by atoms with E-state index < -0.39 is 0 Å². The molecule has 3 aromatic carbocycles. The molecular formula is C28H23FN2O3. The lowest BCUT2D eigenvalue weighted by atomic mass is 9.92. The molecule has 0 saturated carbocycles. The van der Waals surface area contributed by atoms with Gasteiger partial charge in [0.15, 0.2) is 5.76 Å². The Balaban J connectivity index is 1.46. The summed E-state index contributed by atoms with van der Waals surface area (Å²) < 4.78 is 25.1. The Labute approximate surface area is 195 Å². The number of nitrogens with zero attached hydrogens (tertiary/aromatic N) is 1. The monoisotopic (exact) mass is 454 g/mol. The Morgan fingerprint density at radius 2 is 1.94 bits per heavy atom. The first-order chi connectivity index (χ1) is 16.6. The fourth-order valence-corrected chi connectivity index (χ4v) is 4.98. The second-order valence-electron chi connectivity index (χ2n) is 8.51. The van der Waals surface area contributed by atoms with Gasteiger partial charge in [-0.1, -0.05) is 30.3 Å². The highest BCUT2D eigenvalue weighted by Gasteiger charge is 2.36. The highest BCUT2D eigenvalue weighted by atomic mass is 19.1. The van der Waals surface area contributed by atoms with E-state index >= 15 is 0 Å². The van der Waals surface area contributed by atoms with Crippen molar-refractivity contribution >= 4 is 27.8 Å². The van der Waals surface area contributed by atoms with Crippen molar-refractivity contribution in [2.75, 3.05) is 13.2 Å². The average molecular weight is 455 g/mol. The standard InChI is InChI=1S/C28H23FN2O3/c1-2-33-20-10-7-17(8-11-20)27-26-22(21-5-3-4-6-23(21)30-26)13-14-31(27)28(32)25-16-18-15-19(29)9-12-24(18)34-25/h3-12,15-16,27,30H,2,13-14H2,1H3. The summed E-state index contributed by atoms with van der Waals surface area (Å²) in [5.41, 5.74) is 4.76. The number of rotatable bonds is 4.